The van der Waals surface area contributed by atoms with Crippen molar-refractivity contribution in [3.8, 4) is 28.7 Å². The average molecular weight is 774 g/mol. The number of carbonyl (C=O) groups is 1. The number of nitrogens with zero attached hydrogens (tertiary/aromatic N) is 3. The van der Waals surface area contributed by atoms with Crippen LogP contribution < -0.4 is 24.8 Å². The van der Waals surface area contributed by atoms with Gasteiger partial charge in [-0.05, 0) is 55.0 Å². The lowest BCUT2D eigenvalue weighted by Crippen LogP contribution is -2.21. The van der Waals surface area contributed by atoms with Crippen LogP contribution in [-0.4, -0.2) is 74.7 Å². The highest BCUT2D eigenvalue weighted by atomic mass is 16.6. The van der Waals surface area contributed by atoms with E-state index in [2.05, 4.69) is 36.4 Å². The average Bonchev–Trinajstić information content (AvgIpc) is 3.63. The molecule has 0 spiro atoms. The smallest absolute Gasteiger partial charge is 0.324 e. The number of hydrogen-bond acceptors (Lipinski definition) is 9. The van der Waals surface area contributed by atoms with E-state index < -0.39 is 0 Å². The molecule has 2 heterocycles. The minimum Gasteiger partial charge on any atom is -0.497 e. The number of nitrogens with one attached hydrogen (secondary N) is 2. The molecule has 6 aromatic rings. The first-order chi connectivity index (χ1) is 27.6. The number of anilines is 2. The first-order valence-corrected chi connectivity index (χ1v) is 18.9. The van der Waals surface area contributed by atoms with Gasteiger partial charge in [-0.1, -0.05) is 62.7 Å². The number of aryl methyl sites for hydroxylation is 1. The van der Waals surface area contributed by atoms with E-state index in [0.717, 1.165) is 39.0 Å². The molecule has 0 radical (unpaired) electrons. The van der Waals surface area contributed by atoms with Gasteiger partial charge in [0.05, 0.1) is 57.2 Å². The van der Waals surface area contributed by atoms with Crippen LogP contribution in [0.25, 0.3) is 16.5 Å². The van der Waals surface area contributed by atoms with Crippen LogP contribution in [0.15, 0.2) is 103 Å². The third-order valence-electron chi connectivity index (χ3n) is 9.01. The summed E-state index contributed by atoms with van der Waals surface area (Å²) in [6, 6.07) is 30.6. The molecule has 6 rings (SSSR count). The molecule has 0 aliphatic heterocycles. The van der Waals surface area contributed by atoms with Crippen LogP contribution in [0.1, 0.15) is 43.3 Å². The fraction of sp³-hybridized carbons (Fsp3) is 0.311. The van der Waals surface area contributed by atoms with Crippen molar-refractivity contribution in [1.29, 1.82) is 0 Å². The molecular weight excluding hydrogens is 723 g/mol. The van der Waals surface area contributed by atoms with Gasteiger partial charge in [-0.15, -0.1) is 0 Å². The monoisotopic (exact) mass is 773 g/mol. The van der Waals surface area contributed by atoms with E-state index in [4.69, 9.17) is 33.5 Å². The molecule has 2 amide bonds. The summed E-state index contributed by atoms with van der Waals surface area (Å²) in [6.07, 6.45) is 2.26. The number of aromatic nitrogens is 3. The fourth-order valence-electron chi connectivity index (χ4n) is 6.03. The Morgan fingerprint density at radius 1 is 0.737 bits per heavy atom. The third-order valence-corrected chi connectivity index (χ3v) is 9.01. The number of pyridine rings is 1. The topological polar surface area (TPSA) is 127 Å². The molecule has 298 valence electrons. The quantitative estimate of drug-likeness (QED) is 0.0823. The maximum Gasteiger partial charge on any atom is 0.324 e. The van der Waals surface area contributed by atoms with Gasteiger partial charge in [0.1, 0.15) is 35.4 Å². The number of hydrogen-bond donors (Lipinski definition) is 2. The van der Waals surface area contributed by atoms with Crippen molar-refractivity contribution in [3.05, 3.63) is 126 Å². The van der Waals surface area contributed by atoms with Gasteiger partial charge in [0.25, 0.3) is 0 Å². The van der Waals surface area contributed by atoms with Gasteiger partial charge >= 0.3 is 6.03 Å². The summed E-state index contributed by atoms with van der Waals surface area (Å²) in [7, 11) is 3.27. The Morgan fingerprint density at radius 3 is 2.19 bits per heavy atom. The van der Waals surface area contributed by atoms with Crippen molar-refractivity contribution >= 4 is 28.3 Å². The third kappa shape index (κ3) is 11.3. The molecule has 0 bridgehead atoms. The zero-order valence-corrected chi connectivity index (χ0v) is 33.5. The van der Waals surface area contributed by atoms with Gasteiger partial charge in [0.2, 0.25) is 0 Å². The van der Waals surface area contributed by atoms with Crippen LogP contribution in [0.3, 0.4) is 0 Å². The molecule has 0 saturated carbocycles. The number of urea groups is 1. The van der Waals surface area contributed by atoms with E-state index in [0.29, 0.717) is 80.6 Å². The van der Waals surface area contributed by atoms with Crippen molar-refractivity contribution in [2.45, 2.75) is 39.5 Å². The summed E-state index contributed by atoms with van der Waals surface area (Å²) >= 11 is 0. The van der Waals surface area contributed by atoms with E-state index >= 15 is 0 Å². The lowest BCUT2D eigenvalue weighted by atomic mass is 9.92. The summed E-state index contributed by atoms with van der Waals surface area (Å²) in [5, 5.41) is 12.6. The molecule has 4 aromatic carbocycles. The predicted octanol–water partition coefficient (Wildman–Crippen LogP) is 9.12. The van der Waals surface area contributed by atoms with Crippen LogP contribution in [-0.2, 0) is 26.0 Å². The predicted molar refractivity (Wildman–Crippen MR) is 223 cm³/mol. The Kier molecular flexibility index (Phi) is 13.8. The largest absolute Gasteiger partial charge is 0.497 e. The number of methoxy groups -OCH3 is 2. The molecule has 0 aliphatic carbocycles. The van der Waals surface area contributed by atoms with Crippen LogP contribution in [0.4, 0.5) is 16.3 Å². The number of carbonyl (C=O) groups excluding carboxylic acids is 1. The first kappa shape index (κ1) is 40.7. The lowest BCUT2D eigenvalue weighted by molar-refractivity contribution is 0.0179. The number of ether oxygens (including phenoxy) is 6. The molecule has 12 heteroatoms. The molecule has 0 unspecified atom stereocenters. The van der Waals surface area contributed by atoms with Crippen LogP contribution in [0.2, 0.25) is 0 Å². The molecule has 0 fully saturated rings. The maximum atomic E-state index is 13.5. The number of benzene rings is 4. The zero-order valence-electron chi connectivity index (χ0n) is 33.5. The van der Waals surface area contributed by atoms with Crippen molar-refractivity contribution in [3.63, 3.8) is 0 Å². The van der Waals surface area contributed by atoms with Gasteiger partial charge < -0.3 is 33.7 Å². The van der Waals surface area contributed by atoms with E-state index in [-0.39, 0.29) is 11.4 Å². The second-order valence-electron chi connectivity index (χ2n) is 14.5. The molecule has 12 nitrogen and oxygen atoms in total. The SMILES string of the molecule is COCCOCCOCCOc1cc(Cc2cc(Oc3ccc(NC(=O)Nc4cc(C(C)(C)C)nn4-c4ccc(C)cc4)c4ccccc34)ccn2)cc(OC)c1. The van der Waals surface area contributed by atoms with Crippen LogP contribution in [0, 0.1) is 6.92 Å². The molecule has 2 aromatic heterocycles. The second-order valence-corrected chi connectivity index (χ2v) is 14.5. The Hall–Kier alpha value is -5.95. The van der Waals surface area contributed by atoms with Gasteiger partial charge in [0, 0.05) is 59.8 Å². The molecule has 0 saturated heterocycles. The van der Waals surface area contributed by atoms with Gasteiger partial charge in [-0.25, -0.2) is 9.48 Å². The number of fused-ring (bicyclic) bond motifs is 1. The molecule has 57 heavy (non-hydrogen) atoms. The molecular formula is C45H51N5O7. The maximum absolute atomic E-state index is 13.5. The Labute approximate surface area is 334 Å². The fourth-order valence-corrected chi connectivity index (χ4v) is 6.03. The van der Waals surface area contributed by atoms with E-state index in [1.54, 1.807) is 25.1 Å². The van der Waals surface area contributed by atoms with E-state index in [9.17, 15) is 4.79 Å². The summed E-state index contributed by atoms with van der Waals surface area (Å²) in [6.45, 7) is 11.2. The highest BCUT2D eigenvalue weighted by Gasteiger charge is 2.22. The van der Waals surface area contributed by atoms with Crippen molar-refractivity contribution in [2.24, 2.45) is 0 Å². The summed E-state index contributed by atoms with van der Waals surface area (Å²) in [5.74, 6) is 3.20. The highest BCUT2D eigenvalue weighted by Crippen LogP contribution is 2.35. The second kappa shape index (κ2) is 19.3. The van der Waals surface area contributed by atoms with E-state index in [1.165, 1.54) is 0 Å². The van der Waals surface area contributed by atoms with Crippen LogP contribution in [0.5, 0.6) is 23.0 Å². The number of amides is 2. The molecule has 0 aliphatic rings. The Balaban J connectivity index is 1.12. The van der Waals surface area contributed by atoms with Crippen molar-refractivity contribution < 1.29 is 33.2 Å². The van der Waals surface area contributed by atoms with Crippen LogP contribution >= 0.6 is 0 Å². The molecule has 0 atom stereocenters. The standard InChI is InChI=1S/C45H51N5O7/c1-31-11-13-34(14-12-31)50-43(30-42(49-50)45(2,3)4)48-44(51)47-40-15-16-41(39-10-8-7-9-38(39)40)57-35-17-18-46-33(28-35)25-32-26-36(53-6)29-37(27-32)56-24-23-55-22-21-54-20-19-52-5/h7-18,26-30H,19-25H2,1-6H3,(H2,47,48,51). The summed E-state index contributed by atoms with van der Waals surface area (Å²) < 4.78 is 35.8. The van der Waals surface area contributed by atoms with Gasteiger partial charge in [-0.2, -0.15) is 5.10 Å². The minimum atomic E-state index is -0.389. The Morgan fingerprint density at radius 2 is 1.46 bits per heavy atom. The summed E-state index contributed by atoms with van der Waals surface area (Å²) in [4.78, 5) is 18.2. The van der Waals surface area contributed by atoms with Crippen molar-refractivity contribution in [1.82, 2.24) is 14.8 Å². The Bertz CT molecular complexity index is 2250. The van der Waals surface area contributed by atoms with E-state index in [1.807, 2.05) is 104 Å². The minimum absolute atomic E-state index is 0.213. The zero-order chi connectivity index (χ0) is 40.2. The summed E-state index contributed by atoms with van der Waals surface area (Å²) in [5.41, 5.74) is 5.06. The first-order valence-electron chi connectivity index (χ1n) is 18.9. The van der Waals surface area contributed by atoms with Gasteiger partial charge in [-0.3, -0.25) is 10.3 Å². The van der Waals surface area contributed by atoms with Crippen molar-refractivity contribution in [2.75, 3.05) is 64.5 Å². The normalized spacial score (nSPS) is 11.4. The number of rotatable bonds is 18. The highest BCUT2D eigenvalue weighted by molar-refractivity contribution is 6.07. The van der Waals surface area contributed by atoms with Gasteiger partial charge in [0.15, 0.2) is 0 Å². The lowest BCUT2D eigenvalue weighted by Gasteiger charge is -2.15. The molecule has 2 N–H and O–H groups in total.